The van der Waals surface area contributed by atoms with E-state index in [9.17, 15) is 0 Å². The Kier molecular flexibility index (Phi) is 10.1. The van der Waals surface area contributed by atoms with Gasteiger partial charge in [-0.3, -0.25) is 0 Å². The molecule has 4 atom stereocenters. The average Bonchev–Trinajstić information content (AvgIpc) is 3.27. The maximum atomic E-state index is 6.74. The van der Waals surface area contributed by atoms with Crippen LogP contribution in [0.25, 0.3) is 0 Å². The molecule has 0 spiro atoms. The Bertz CT molecular complexity index is 599. The molecule has 0 amide bonds. The summed E-state index contributed by atoms with van der Waals surface area (Å²) in [7, 11) is 0. The zero-order valence-electron chi connectivity index (χ0n) is 18.4. The van der Waals surface area contributed by atoms with Crippen molar-refractivity contribution in [3.05, 3.63) is 29.3 Å². The van der Waals surface area contributed by atoms with Crippen LogP contribution in [0.2, 0.25) is 5.02 Å². The zero-order chi connectivity index (χ0) is 21.2. The highest BCUT2D eigenvalue weighted by Gasteiger charge is 2.58. The fourth-order valence-corrected chi connectivity index (χ4v) is 5.27. The maximum absolute atomic E-state index is 6.74. The zero-order valence-corrected chi connectivity index (χ0v) is 19.9. The molecule has 1 heterocycles. The predicted molar refractivity (Wildman–Crippen MR) is 125 cm³/mol. The van der Waals surface area contributed by atoms with Crippen molar-refractivity contribution < 1.29 is 14.2 Å². The minimum Gasteiger partial charge on any atom is -0.494 e. The first kappa shape index (κ1) is 24.2. The standard InChI is InChI=1S/C25H38Cl2O3/c1-25(27)22(23(25)16-19-30-24-11-7-9-18-29-24)10-6-4-2-3-5-8-17-28-21-14-12-20(26)13-15-21/h12-15,22-24H,2-11,16-19H2,1H3/t22?,23-,24?,25-/m1/s1. The summed E-state index contributed by atoms with van der Waals surface area (Å²) in [5.41, 5.74) is 0. The summed E-state index contributed by atoms with van der Waals surface area (Å²) in [5.74, 6) is 2.16. The number of unbranched alkanes of at least 4 members (excludes halogenated alkanes) is 5. The molecule has 1 aliphatic carbocycles. The van der Waals surface area contributed by atoms with Crippen molar-refractivity contribution in [1.82, 2.24) is 0 Å². The van der Waals surface area contributed by atoms with Crippen LogP contribution in [0.15, 0.2) is 24.3 Å². The normalized spacial score (nSPS) is 28.4. The molecule has 5 heteroatoms. The number of rotatable bonds is 14. The minimum atomic E-state index is -0.0181. The van der Waals surface area contributed by atoms with Crippen molar-refractivity contribution >= 4 is 23.2 Å². The molecule has 170 valence electrons. The molecule has 1 saturated carbocycles. The van der Waals surface area contributed by atoms with Gasteiger partial charge >= 0.3 is 0 Å². The van der Waals surface area contributed by atoms with Crippen LogP contribution < -0.4 is 4.74 Å². The lowest BCUT2D eigenvalue weighted by atomic mass is 10.1. The number of ether oxygens (including phenoxy) is 3. The van der Waals surface area contributed by atoms with E-state index in [0.717, 1.165) is 49.9 Å². The van der Waals surface area contributed by atoms with E-state index in [1.807, 2.05) is 24.3 Å². The Balaban J connectivity index is 1.15. The summed E-state index contributed by atoms with van der Waals surface area (Å²) in [4.78, 5) is -0.0181. The van der Waals surface area contributed by atoms with Gasteiger partial charge in [0.05, 0.1) is 13.2 Å². The quantitative estimate of drug-likeness (QED) is 0.212. The summed E-state index contributed by atoms with van der Waals surface area (Å²) in [5, 5.41) is 0.747. The van der Waals surface area contributed by atoms with Crippen LogP contribution in [0, 0.1) is 11.8 Å². The fraction of sp³-hybridized carbons (Fsp3) is 0.760. The van der Waals surface area contributed by atoms with Crippen LogP contribution in [-0.2, 0) is 9.47 Å². The van der Waals surface area contributed by atoms with Gasteiger partial charge in [-0.2, -0.15) is 0 Å². The molecule has 2 unspecified atom stereocenters. The molecule has 3 nitrogen and oxygen atoms in total. The number of halogens is 2. The first-order chi connectivity index (χ1) is 14.6. The summed E-state index contributed by atoms with van der Waals surface area (Å²) < 4.78 is 17.3. The van der Waals surface area contributed by atoms with Crippen molar-refractivity contribution in [2.45, 2.75) is 88.7 Å². The molecule has 30 heavy (non-hydrogen) atoms. The predicted octanol–water partition coefficient (Wildman–Crippen LogP) is 7.63. The van der Waals surface area contributed by atoms with Crippen LogP contribution in [0.5, 0.6) is 5.75 Å². The van der Waals surface area contributed by atoms with Gasteiger partial charge in [0.25, 0.3) is 0 Å². The molecule has 3 rings (SSSR count). The molecular formula is C25H38Cl2O3. The molecular weight excluding hydrogens is 419 g/mol. The summed E-state index contributed by atoms with van der Waals surface area (Å²) in [6.45, 7) is 4.62. The van der Waals surface area contributed by atoms with Crippen molar-refractivity contribution in [2.75, 3.05) is 19.8 Å². The van der Waals surface area contributed by atoms with Crippen LogP contribution >= 0.6 is 23.2 Å². The second-order valence-electron chi connectivity index (χ2n) is 9.03. The van der Waals surface area contributed by atoms with Gasteiger partial charge in [-0.1, -0.05) is 43.7 Å². The van der Waals surface area contributed by atoms with Gasteiger partial charge in [0.15, 0.2) is 6.29 Å². The molecule has 0 bridgehead atoms. The van der Waals surface area contributed by atoms with Crippen LogP contribution in [-0.4, -0.2) is 31.0 Å². The molecule has 2 fully saturated rings. The molecule has 0 radical (unpaired) electrons. The van der Waals surface area contributed by atoms with Crippen molar-refractivity contribution in [3.8, 4) is 5.75 Å². The topological polar surface area (TPSA) is 27.7 Å². The van der Waals surface area contributed by atoms with Crippen LogP contribution in [0.3, 0.4) is 0 Å². The van der Waals surface area contributed by atoms with E-state index in [0.29, 0.717) is 11.8 Å². The summed E-state index contributed by atoms with van der Waals surface area (Å²) in [6, 6.07) is 7.58. The molecule has 1 aromatic carbocycles. The Morgan fingerprint density at radius 2 is 1.63 bits per heavy atom. The molecule has 1 saturated heterocycles. The lowest BCUT2D eigenvalue weighted by Gasteiger charge is -2.22. The van der Waals surface area contributed by atoms with Gasteiger partial charge < -0.3 is 14.2 Å². The molecule has 1 aliphatic heterocycles. The van der Waals surface area contributed by atoms with E-state index in [1.54, 1.807) is 0 Å². The number of benzene rings is 1. The van der Waals surface area contributed by atoms with Gasteiger partial charge in [-0.15, -0.1) is 11.6 Å². The van der Waals surface area contributed by atoms with Crippen molar-refractivity contribution in [1.29, 1.82) is 0 Å². The Morgan fingerprint density at radius 1 is 0.933 bits per heavy atom. The van der Waals surface area contributed by atoms with E-state index in [-0.39, 0.29) is 11.2 Å². The number of hydrogen-bond donors (Lipinski definition) is 0. The van der Waals surface area contributed by atoms with Crippen molar-refractivity contribution in [3.63, 3.8) is 0 Å². The van der Waals surface area contributed by atoms with Gasteiger partial charge in [0, 0.05) is 16.5 Å². The SMILES string of the molecule is C[C@@]1(Cl)C(CCCCCCCCOc2ccc(Cl)cc2)[C@H]1CCOC1CCCCO1. The summed E-state index contributed by atoms with van der Waals surface area (Å²) in [6.07, 6.45) is 13.3. The van der Waals surface area contributed by atoms with E-state index >= 15 is 0 Å². The van der Waals surface area contributed by atoms with E-state index < -0.39 is 0 Å². The highest BCUT2D eigenvalue weighted by Crippen LogP contribution is 2.59. The third-order valence-electron chi connectivity index (χ3n) is 6.69. The Labute approximate surface area is 192 Å². The maximum Gasteiger partial charge on any atom is 0.157 e. The van der Waals surface area contributed by atoms with E-state index in [4.69, 9.17) is 37.4 Å². The first-order valence-corrected chi connectivity index (χ1v) is 12.6. The van der Waals surface area contributed by atoms with E-state index in [2.05, 4.69) is 6.92 Å². The average molecular weight is 457 g/mol. The summed E-state index contributed by atoms with van der Waals surface area (Å²) >= 11 is 12.6. The second kappa shape index (κ2) is 12.5. The second-order valence-corrected chi connectivity index (χ2v) is 10.3. The van der Waals surface area contributed by atoms with Crippen LogP contribution in [0.1, 0.15) is 77.6 Å². The number of alkyl halides is 1. The largest absolute Gasteiger partial charge is 0.494 e. The van der Waals surface area contributed by atoms with Gasteiger partial charge in [-0.05, 0) is 81.5 Å². The molecule has 0 aromatic heterocycles. The third-order valence-corrected chi connectivity index (χ3v) is 7.50. The van der Waals surface area contributed by atoms with Crippen molar-refractivity contribution in [2.24, 2.45) is 11.8 Å². The fourth-order valence-electron chi connectivity index (χ4n) is 4.69. The van der Waals surface area contributed by atoms with E-state index in [1.165, 1.54) is 51.4 Å². The van der Waals surface area contributed by atoms with Crippen LogP contribution in [0.4, 0.5) is 0 Å². The Hall–Kier alpha value is -0.480. The highest BCUT2D eigenvalue weighted by molar-refractivity contribution is 6.30. The Morgan fingerprint density at radius 3 is 2.37 bits per heavy atom. The third kappa shape index (κ3) is 7.89. The van der Waals surface area contributed by atoms with Gasteiger partial charge in [0.2, 0.25) is 0 Å². The first-order valence-electron chi connectivity index (χ1n) is 11.9. The highest BCUT2D eigenvalue weighted by atomic mass is 35.5. The lowest BCUT2D eigenvalue weighted by Crippen LogP contribution is -2.22. The molecule has 0 N–H and O–H groups in total. The molecule has 2 aliphatic rings. The van der Waals surface area contributed by atoms with Gasteiger partial charge in [-0.25, -0.2) is 0 Å². The minimum absolute atomic E-state index is 0.0181. The van der Waals surface area contributed by atoms with Gasteiger partial charge in [0.1, 0.15) is 5.75 Å². The monoisotopic (exact) mass is 456 g/mol. The smallest absolute Gasteiger partial charge is 0.157 e. The molecule has 1 aromatic rings. The number of hydrogen-bond acceptors (Lipinski definition) is 3. The lowest BCUT2D eigenvalue weighted by molar-refractivity contribution is -0.163.